The second kappa shape index (κ2) is 36.5. The van der Waals surface area contributed by atoms with Crippen molar-refractivity contribution < 1.29 is 46.9 Å². The quantitative estimate of drug-likeness (QED) is 0.610. The number of hydrogen-bond acceptors (Lipinski definition) is 4. The molecular formula is C10H30AgO5. The number of hydrogen-bond donors (Lipinski definition) is 2. The van der Waals surface area contributed by atoms with Gasteiger partial charge in [-0.3, -0.25) is 0 Å². The van der Waals surface area contributed by atoms with Gasteiger partial charge in [-0.15, -0.1) is 0 Å². The summed E-state index contributed by atoms with van der Waals surface area (Å²) in [5, 5.41) is 15.9. The van der Waals surface area contributed by atoms with E-state index in [9.17, 15) is 9.59 Å². The van der Waals surface area contributed by atoms with Crippen LogP contribution in [-0.2, 0) is 36.7 Å². The maximum absolute atomic E-state index is 9.98. The molecule has 0 aromatic heterocycles. The predicted molar refractivity (Wildman–Crippen MR) is 66.1 cm³/mol. The zero-order valence-electron chi connectivity index (χ0n) is 4.83. The van der Waals surface area contributed by atoms with Crippen LogP contribution in [0.3, 0.4) is 0 Å². The monoisotopic (exact) mass is 337 g/mol. The summed E-state index contributed by atoms with van der Waals surface area (Å²) in [6.07, 6.45) is 0. The number of aliphatic hydroxyl groups excluding tert-OH is 1. The Labute approximate surface area is 117 Å². The fourth-order valence-electron chi connectivity index (χ4n) is 0.188. The van der Waals surface area contributed by atoms with Gasteiger partial charge in [-0.1, -0.05) is 44.6 Å². The van der Waals surface area contributed by atoms with Crippen molar-refractivity contribution in [3.05, 3.63) is 0 Å². The molecule has 0 amide bonds. The molecule has 0 aromatic carbocycles. The Morgan fingerprint density at radius 3 is 1.44 bits per heavy atom. The van der Waals surface area contributed by atoms with Gasteiger partial charge in [0.2, 0.25) is 0 Å². The molecule has 0 rings (SSSR count). The molecule has 0 aliphatic rings. The van der Waals surface area contributed by atoms with E-state index in [4.69, 9.17) is 10.2 Å². The van der Waals surface area contributed by atoms with E-state index in [2.05, 4.69) is 4.74 Å². The Kier molecular flexibility index (Phi) is 131. The minimum atomic E-state index is -1.24. The number of aliphatic carboxylic acids is 1. The molecular weight excluding hydrogens is 308 g/mol. The molecule has 0 bridgehead atoms. The zero-order chi connectivity index (χ0) is 7.28. The summed E-state index contributed by atoms with van der Waals surface area (Å²) in [6, 6.07) is 0. The Hall–Kier alpha value is -0.360. The number of ether oxygens (including phenoxy) is 1. The second-order valence-electron chi connectivity index (χ2n) is 1.21. The molecule has 6 heteroatoms. The van der Waals surface area contributed by atoms with Gasteiger partial charge < -0.3 is 14.9 Å². The number of carboxylic acids is 1. The van der Waals surface area contributed by atoms with E-state index in [0.29, 0.717) is 0 Å². The molecule has 0 heterocycles. The molecule has 111 valence electrons. The van der Waals surface area contributed by atoms with Crippen LogP contribution in [-0.4, -0.2) is 35.4 Å². The van der Waals surface area contributed by atoms with E-state index < -0.39 is 25.2 Å². The first-order valence-electron chi connectivity index (χ1n) is 2.15. The normalized spacial score (nSPS) is 4.81. The number of rotatable bonds is 3. The maximum atomic E-state index is 9.98. The minimum Gasteiger partial charge on any atom is -0.479 e. The van der Waals surface area contributed by atoms with E-state index in [1.807, 2.05) is 0 Å². The summed E-state index contributed by atoms with van der Waals surface area (Å²) >= 11 is 0. The maximum Gasteiger partial charge on any atom is 0.341 e. The van der Waals surface area contributed by atoms with E-state index in [-0.39, 0.29) is 66.9 Å². The van der Waals surface area contributed by atoms with Gasteiger partial charge in [-0.2, -0.15) is 0 Å². The van der Waals surface area contributed by atoms with Crippen molar-refractivity contribution in [3.63, 3.8) is 0 Å². The fraction of sp³-hybridized carbons (Fsp3) is 0.800. The second-order valence-corrected chi connectivity index (χ2v) is 1.21. The first kappa shape index (κ1) is 57.4. The molecule has 0 aliphatic carbocycles. The molecule has 0 aliphatic heterocycles. The van der Waals surface area contributed by atoms with Crippen molar-refractivity contribution >= 4 is 11.9 Å². The van der Waals surface area contributed by atoms with Crippen molar-refractivity contribution in [2.45, 2.75) is 44.6 Å². The minimum absolute atomic E-state index is 0. The van der Waals surface area contributed by atoms with E-state index in [1.165, 1.54) is 0 Å². The number of carboxylic acid groups (broad SMARTS) is 1. The average Bonchev–Trinajstić information content (AvgIpc) is 1.83. The van der Waals surface area contributed by atoms with Gasteiger partial charge in [0.15, 0.2) is 6.61 Å². The Bertz CT molecular complexity index is 128. The first-order valence-corrected chi connectivity index (χ1v) is 2.15. The largest absolute Gasteiger partial charge is 0.479 e. The van der Waals surface area contributed by atoms with Crippen molar-refractivity contribution in [1.82, 2.24) is 0 Å². The van der Waals surface area contributed by atoms with Gasteiger partial charge in [0.05, 0.1) is 0 Å². The third kappa shape index (κ3) is 49.4. The van der Waals surface area contributed by atoms with Crippen LogP contribution < -0.4 is 0 Å². The molecule has 0 saturated heterocycles. The standard InChI is InChI=1S/C4H6O5.6CH4.Ag/c5-1-4(8)9-2-3(6)7;;;;;;;/h5H,1-2H2,(H,6,7);6*1H4;. The van der Waals surface area contributed by atoms with Crippen LogP contribution in [0.15, 0.2) is 0 Å². The van der Waals surface area contributed by atoms with E-state index >= 15 is 0 Å². The summed E-state index contributed by atoms with van der Waals surface area (Å²) < 4.78 is 3.96. The van der Waals surface area contributed by atoms with E-state index in [0.717, 1.165) is 0 Å². The van der Waals surface area contributed by atoms with Crippen LogP contribution in [0.1, 0.15) is 44.6 Å². The summed E-state index contributed by atoms with van der Waals surface area (Å²) in [6.45, 7) is -1.48. The third-order valence-electron chi connectivity index (χ3n) is 0.486. The van der Waals surface area contributed by atoms with Gasteiger partial charge in [-0.25, -0.2) is 9.59 Å². The van der Waals surface area contributed by atoms with Crippen molar-refractivity contribution in [2.24, 2.45) is 0 Å². The van der Waals surface area contributed by atoms with Crippen LogP contribution in [0.5, 0.6) is 0 Å². The molecule has 0 atom stereocenters. The van der Waals surface area contributed by atoms with Gasteiger partial charge in [-0.05, 0) is 0 Å². The van der Waals surface area contributed by atoms with Gasteiger partial charge >= 0.3 is 11.9 Å². The fourth-order valence-corrected chi connectivity index (χ4v) is 0.188. The van der Waals surface area contributed by atoms with Crippen molar-refractivity contribution in [1.29, 1.82) is 0 Å². The number of carbonyl (C=O) groups excluding carboxylic acids is 1. The first-order chi connectivity index (χ1) is 4.16. The average molecular weight is 338 g/mol. The summed E-state index contributed by atoms with van der Waals surface area (Å²) in [7, 11) is 0. The van der Waals surface area contributed by atoms with Gasteiger partial charge in [0.1, 0.15) is 6.61 Å². The summed E-state index contributed by atoms with van der Waals surface area (Å²) in [5.41, 5.74) is 0. The molecule has 0 aromatic rings. The van der Waals surface area contributed by atoms with E-state index in [1.54, 1.807) is 0 Å². The van der Waals surface area contributed by atoms with Crippen LogP contribution >= 0.6 is 0 Å². The number of esters is 1. The Morgan fingerprint density at radius 1 is 0.938 bits per heavy atom. The molecule has 0 saturated carbocycles. The smallest absolute Gasteiger partial charge is 0.341 e. The Balaban J connectivity index is -0.0000000152. The summed E-state index contributed by atoms with van der Waals surface area (Å²) in [5.74, 6) is -2.17. The topological polar surface area (TPSA) is 83.8 Å². The van der Waals surface area contributed by atoms with Crippen molar-refractivity contribution in [2.75, 3.05) is 13.2 Å². The molecule has 5 nitrogen and oxygen atoms in total. The van der Waals surface area contributed by atoms with Crippen LogP contribution in [0.2, 0.25) is 0 Å². The number of aliphatic hydroxyl groups is 1. The molecule has 0 unspecified atom stereocenters. The van der Waals surface area contributed by atoms with Crippen LogP contribution in [0.25, 0.3) is 0 Å². The van der Waals surface area contributed by atoms with Crippen LogP contribution in [0, 0.1) is 0 Å². The summed E-state index contributed by atoms with van der Waals surface area (Å²) in [4.78, 5) is 19.6. The molecule has 0 fully saturated rings. The van der Waals surface area contributed by atoms with Crippen molar-refractivity contribution in [3.8, 4) is 0 Å². The van der Waals surface area contributed by atoms with Gasteiger partial charge in [0, 0.05) is 22.4 Å². The SMILES string of the molecule is C.C.C.C.C.C.O=C(O)COC(=O)CO.[Ag]. The molecule has 16 heavy (non-hydrogen) atoms. The van der Waals surface area contributed by atoms with Crippen LogP contribution in [0.4, 0.5) is 0 Å². The number of carbonyl (C=O) groups is 2. The van der Waals surface area contributed by atoms with Gasteiger partial charge in [0.25, 0.3) is 0 Å². The Morgan fingerprint density at radius 2 is 1.25 bits per heavy atom. The predicted octanol–water partition coefficient (Wildman–Crippen LogP) is 2.42. The molecule has 1 radical (unpaired) electrons. The molecule has 2 N–H and O–H groups in total. The third-order valence-corrected chi connectivity index (χ3v) is 0.486. The molecule has 0 spiro atoms. The zero-order valence-corrected chi connectivity index (χ0v) is 6.32.